The minimum Gasteiger partial charge on any atom is -0.299 e. The van der Waals surface area contributed by atoms with Gasteiger partial charge in [0.2, 0.25) is 0 Å². The highest BCUT2D eigenvalue weighted by Gasteiger charge is 2.47. The Kier molecular flexibility index (Phi) is 7.03. The lowest BCUT2D eigenvalue weighted by Crippen LogP contribution is -2.41. The van der Waals surface area contributed by atoms with E-state index in [0.717, 1.165) is 38.6 Å². The summed E-state index contributed by atoms with van der Waals surface area (Å²) in [5, 5.41) is 10.2. The van der Waals surface area contributed by atoms with Gasteiger partial charge in [0.25, 0.3) is 0 Å². The van der Waals surface area contributed by atoms with E-state index >= 15 is 0 Å². The first-order valence-corrected chi connectivity index (χ1v) is 10.6. The number of hydrogen-bond donors (Lipinski definition) is 0. The number of nitriles is 1. The van der Waals surface area contributed by atoms with E-state index in [1.807, 2.05) is 18.2 Å². The lowest BCUT2D eigenvalue weighted by atomic mass is 9.60. The van der Waals surface area contributed by atoms with Crippen molar-refractivity contribution in [1.82, 2.24) is 4.90 Å². The van der Waals surface area contributed by atoms with E-state index in [9.17, 15) is 14.0 Å². The monoisotopic (exact) mass is 396 g/mol. The van der Waals surface area contributed by atoms with E-state index < -0.39 is 17.0 Å². The predicted molar refractivity (Wildman–Crippen MR) is 112 cm³/mol. The lowest BCUT2D eigenvalue weighted by Gasteiger charge is -2.42. The molecule has 2 atom stereocenters. The van der Waals surface area contributed by atoms with Crippen LogP contribution >= 0.6 is 0 Å². The molecule has 0 saturated heterocycles. The topological polar surface area (TPSA) is 27.0 Å². The van der Waals surface area contributed by atoms with Crippen LogP contribution in [0.4, 0.5) is 8.78 Å². The van der Waals surface area contributed by atoms with Crippen molar-refractivity contribution in [2.75, 3.05) is 7.05 Å². The van der Waals surface area contributed by atoms with E-state index in [-0.39, 0.29) is 17.5 Å². The number of hydrogen-bond acceptors (Lipinski definition) is 2. The molecule has 2 aromatic carbocycles. The second-order valence-electron chi connectivity index (χ2n) is 8.31. The Balaban J connectivity index is 1.82. The normalized spacial score (nSPS) is 17.4. The third-order valence-corrected chi connectivity index (χ3v) is 6.65. The van der Waals surface area contributed by atoms with Crippen LogP contribution in [0.3, 0.4) is 0 Å². The van der Waals surface area contributed by atoms with Crippen molar-refractivity contribution in [3.8, 4) is 6.07 Å². The average molecular weight is 397 g/mol. The van der Waals surface area contributed by atoms with Crippen LogP contribution in [0.2, 0.25) is 0 Å². The van der Waals surface area contributed by atoms with Crippen molar-refractivity contribution in [2.45, 2.75) is 63.5 Å². The molecule has 0 aromatic heterocycles. The molecule has 154 valence electrons. The Labute approximate surface area is 173 Å². The number of halogens is 2. The predicted octanol–water partition coefficient (Wildman–Crippen LogP) is 6.22. The van der Waals surface area contributed by atoms with Crippen molar-refractivity contribution in [1.29, 1.82) is 5.26 Å². The first-order chi connectivity index (χ1) is 14.0. The quantitative estimate of drug-likeness (QED) is 0.503. The molecule has 1 aliphatic rings. The summed E-state index contributed by atoms with van der Waals surface area (Å²) in [7, 11) is 2.09. The molecule has 3 rings (SSSR count). The Morgan fingerprint density at radius 3 is 2.28 bits per heavy atom. The van der Waals surface area contributed by atoms with Gasteiger partial charge in [-0.1, -0.05) is 49.7 Å². The maximum atomic E-state index is 14.7. The van der Waals surface area contributed by atoms with Crippen molar-refractivity contribution in [2.24, 2.45) is 5.92 Å². The van der Waals surface area contributed by atoms with Crippen molar-refractivity contribution in [3.05, 3.63) is 71.3 Å². The van der Waals surface area contributed by atoms with Crippen LogP contribution in [-0.2, 0) is 12.0 Å². The maximum Gasteiger partial charge on any atom is 0.130 e. The van der Waals surface area contributed by atoms with E-state index in [1.165, 1.54) is 23.8 Å². The third kappa shape index (κ3) is 4.51. The van der Waals surface area contributed by atoms with Gasteiger partial charge in [-0.3, -0.25) is 4.90 Å². The second kappa shape index (κ2) is 9.50. The minimum absolute atomic E-state index is 0.0206. The summed E-state index contributed by atoms with van der Waals surface area (Å²) in [6, 6.07) is 16.8. The van der Waals surface area contributed by atoms with Crippen LogP contribution in [0.1, 0.15) is 56.6 Å². The molecule has 4 heteroatoms. The lowest BCUT2D eigenvalue weighted by molar-refractivity contribution is 0.156. The number of nitrogens with zero attached hydrogens (tertiary/aromatic N) is 2. The van der Waals surface area contributed by atoms with Gasteiger partial charge in [0.05, 0.1) is 11.5 Å². The summed E-state index contributed by atoms with van der Waals surface area (Å²) in [6.45, 7) is 2.95. The molecule has 0 amide bonds. The van der Waals surface area contributed by atoms with Gasteiger partial charge in [0.1, 0.15) is 11.6 Å². The molecule has 0 heterocycles. The zero-order valence-corrected chi connectivity index (χ0v) is 17.4. The van der Waals surface area contributed by atoms with E-state index in [4.69, 9.17) is 0 Å². The summed E-state index contributed by atoms with van der Waals surface area (Å²) in [5.74, 6) is -1.16. The van der Waals surface area contributed by atoms with Gasteiger partial charge in [0.15, 0.2) is 0 Å². The molecule has 1 saturated carbocycles. The summed E-state index contributed by atoms with van der Waals surface area (Å²) < 4.78 is 29.4. The standard InChI is InChI=1S/C25H30F2N2/c1-3-21(29(2)17-19-9-5-4-6-10-19)15-16-25(18-28,20-11-7-12-20)24-22(26)13-8-14-23(24)27/h4-6,8-10,13-14,20-21H,3,7,11-12,15-17H2,1-2H3. The van der Waals surface area contributed by atoms with Crippen LogP contribution in [-0.4, -0.2) is 18.0 Å². The smallest absolute Gasteiger partial charge is 0.130 e. The Bertz CT molecular complexity index is 821. The highest BCUT2D eigenvalue weighted by Crippen LogP contribution is 2.48. The molecule has 0 N–H and O–H groups in total. The fourth-order valence-electron chi connectivity index (χ4n) is 4.69. The number of rotatable bonds is 9. The van der Waals surface area contributed by atoms with Gasteiger partial charge in [0, 0.05) is 18.2 Å². The summed E-state index contributed by atoms with van der Waals surface area (Å²) in [4.78, 5) is 2.29. The largest absolute Gasteiger partial charge is 0.299 e. The highest BCUT2D eigenvalue weighted by molar-refractivity contribution is 5.37. The van der Waals surface area contributed by atoms with Crippen LogP contribution in [0, 0.1) is 28.9 Å². The summed E-state index contributed by atoms with van der Waals surface area (Å²) in [5.41, 5.74) is 0.126. The molecule has 2 nitrogen and oxygen atoms in total. The number of benzene rings is 2. The van der Waals surface area contributed by atoms with Gasteiger partial charge in [-0.05, 0) is 62.8 Å². The molecule has 2 unspecified atom stereocenters. The van der Waals surface area contributed by atoms with Gasteiger partial charge < -0.3 is 0 Å². The fraction of sp³-hybridized carbons (Fsp3) is 0.480. The van der Waals surface area contributed by atoms with Crippen LogP contribution in [0.15, 0.2) is 48.5 Å². The molecule has 0 radical (unpaired) electrons. The average Bonchev–Trinajstić information content (AvgIpc) is 2.67. The van der Waals surface area contributed by atoms with Gasteiger partial charge in [-0.25, -0.2) is 8.78 Å². The zero-order chi connectivity index (χ0) is 20.9. The SMILES string of the molecule is CCC(CCC(C#N)(c1c(F)cccc1F)C1CCC1)N(C)Cc1ccccc1. The van der Waals surface area contributed by atoms with Crippen LogP contribution < -0.4 is 0 Å². The molecular formula is C25H30F2N2. The van der Waals surface area contributed by atoms with Crippen molar-refractivity contribution in [3.63, 3.8) is 0 Å². The Hall–Kier alpha value is -2.25. The van der Waals surface area contributed by atoms with E-state index in [0.29, 0.717) is 6.42 Å². The maximum absolute atomic E-state index is 14.7. The van der Waals surface area contributed by atoms with E-state index in [1.54, 1.807) is 0 Å². The molecule has 29 heavy (non-hydrogen) atoms. The second-order valence-corrected chi connectivity index (χ2v) is 8.31. The van der Waals surface area contributed by atoms with Crippen LogP contribution in [0.5, 0.6) is 0 Å². The molecular weight excluding hydrogens is 366 g/mol. The molecule has 1 fully saturated rings. The Morgan fingerprint density at radius 2 is 1.76 bits per heavy atom. The van der Waals surface area contributed by atoms with Gasteiger partial charge >= 0.3 is 0 Å². The summed E-state index contributed by atoms with van der Waals surface area (Å²) >= 11 is 0. The summed E-state index contributed by atoms with van der Waals surface area (Å²) in [6.07, 6.45) is 4.88. The first-order valence-electron chi connectivity index (χ1n) is 10.6. The molecule has 0 aliphatic heterocycles. The molecule has 0 spiro atoms. The third-order valence-electron chi connectivity index (χ3n) is 6.65. The van der Waals surface area contributed by atoms with E-state index in [2.05, 4.69) is 37.1 Å². The van der Waals surface area contributed by atoms with Gasteiger partial charge in [-0.15, -0.1) is 0 Å². The molecule has 1 aliphatic carbocycles. The fourth-order valence-corrected chi connectivity index (χ4v) is 4.69. The minimum atomic E-state index is -1.09. The van der Waals surface area contributed by atoms with Crippen molar-refractivity contribution < 1.29 is 8.78 Å². The molecule has 0 bridgehead atoms. The van der Waals surface area contributed by atoms with Gasteiger partial charge in [-0.2, -0.15) is 5.26 Å². The zero-order valence-electron chi connectivity index (χ0n) is 17.4. The first kappa shape index (κ1) is 21.5. The van der Waals surface area contributed by atoms with Crippen LogP contribution in [0.25, 0.3) is 0 Å². The van der Waals surface area contributed by atoms with Crippen molar-refractivity contribution >= 4 is 0 Å². The Morgan fingerprint density at radius 1 is 1.10 bits per heavy atom. The molecule has 2 aromatic rings. The highest BCUT2D eigenvalue weighted by atomic mass is 19.1.